The number of carbonyl (C=O) groups is 2. The third-order valence-electron chi connectivity index (χ3n) is 2.66. The van der Waals surface area contributed by atoms with E-state index in [0.29, 0.717) is 5.02 Å². The Hall–Kier alpha value is -1.44. The van der Waals surface area contributed by atoms with Gasteiger partial charge in [-0.3, -0.25) is 14.9 Å². The molecule has 2 N–H and O–H groups in total. The number of hydrogen-bond acceptors (Lipinski definition) is 4. The van der Waals surface area contributed by atoms with Gasteiger partial charge in [-0.25, -0.2) is 8.42 Å². The molecule has 0 radical (unpaired) electrons. The highest BCUT2D eigenvalue weighted by Crippen LogP contribution is 2.15. The lowest BCUT2D eigenvalue weighted by molar-refractivity contribution is -0.134. The Bertz CT molecular complexity index is 612. The number of imide groups is 1. The second-order valence-electron chi connectivity index (χ2n) is 4.08. The summed E-state index contributed by atoms with van der Waals surface area (Å²) in [6, 6.07) is 4.65. The van der Waals surface area contributed by atoms with Crippen LogP contribution in [0, 0.1) is 0 Å². The first-order valence-corrected chi connectivity index (χ1v) is 7.36. The van der Waals surface area contributed by atoms with E-state index in [4.69, 9.17) is 11.6 Å². The quantitative estimate of drug-likeness (QED) is 0.792. The number of rotatable bonds is 3. The van der Waals surface area contributed by atoms with Crippen molar-refractivity contribution in [1.29, 1.82) is 0 Å². The molecule has 0 bridgehead atoms. The van der Waals surface area contributed by atoms with Gasteiger partial charge in [0.15, 0.2) is 0 Å². The van der Waals surface area contributed by atoms with Crippen LogP contribution in [0.1, 0.15) is 12.8 Å². The summed E-state index contributed by atoms with van der Waals surface area (Å²) in [5.74, 6) is -1.03. The van der Waals surface area contributed by atoms with Crippen molar-refractivity contribution in [3.05, 3.63) is 29.3 Å². The van der Waals surface area contributed by atoms with E-state index in [-0.39, 0.29) is 17.7 Å². The SMILES string of the molecule is O=C1CC[C@@H](NS(=O)(=O)c2ccc(Cl)cc2)C(=O)N1. The molecule has 1 heterocycles. The summed E-state index contributed by atoms with van der Waals surface area (Å²) < 4.78 is 26.3. The van der Waals surface area contributed by atoms with Crippen LogP contribution in [-0.4, -0.2) is 26.3 Å². The topological polar surface area (TPSA) is 92.3 Å². The predicted octanol–water partition coefficient (Wildman–Crippen LogP) is 0.424. The highest BCUT2D eigenvalue weighted by molar-refractivity contribution is 7.89. The predicted molar refractivity (Wildman–Crippen MR) is 67.9 cm³/mol. The Balaban J connectivity index is 2.15. The van der Waals surface area contributed by atoms with E-state index in [1.54, 1.807) is 0 Å². The molecule has 19 heavy (non-hydrogen) atoms. The minimum atomic E-state index is -3.81. The fourth-order valence-electron chi connectivity index (χ4n) is 1.68. The summed E-state index contributed by atoms with van der Waals surface area (Å²) in [7, 11) is -3.81. The van der Waals surface area contributed by atoms with Crippen LogP contribution < -0.4 is 10.0 Å². The van der Waals surface area contributed by atoms with Gasteiger partial charge in [0.25, 0.3) is 0 Å². The number of carbonyl (C=O) groups excluding carboxylic acids is 2. The molecular weight excluding hydrogens is 292 g/mol. The first kappa shape index (κ1) is 14.0. The van der Waals surface area contributed by atoms with E-state index in [1.165, 1.54) is 24.3 Å². The van der Waals surface area contributed by atoms with E-state index in [9.17, 15) is 18.0 Å². The minimum Gasteiger partial charge on any atom is -0.295 e. The van der Waals surface area contributed by atoms with E-state index in [1.807, 2.05) is 0 Å². The van der Waals surface area contributed by atoms with Crippen molar-refractivity contribution in [1.82, 2.24) is 10.0 Å². The lowest BCUT2D eigenvalue weighted by Gasteiger charge is -2.21. The second-order valence-corrected chi connectivity index (χ2v) is 6.23. The molecule has 1 aromatic rings. The van der Waals surface area contributed by atoms with Gasteiger partial charge in [-0.15, -0.1) is 0 Å². The van der Waals surface area contributed by atoms with Gasteiger partial charge in [0, 0.05) is 11.4 Å². The van der Waals surface area contributed by atoms with Gasteiger partial charge < -0.3 is 0 Å². The largest absolute Gasteiger partial charge is 0.295 e. The molecule has 0 aromatic heterocycles. The van der Waals surface area contributed by atoms with Crippen LogP contribution in [-0.2, 0) is 19.6 Å². The van der Waals surface area contributed by atoms with Crippen molar-refractivity contribution in [2.24, 2.45) is 0 Å². The highest BCUT2D eigenvalue weighted by Gasteiger charge is 2.30. The van der Waals surface area contributed by atoms with Gasteiger partial charge >= 0.3 is 0 Å². The molecule has 1 aromatic carbocycles. The first-order chi connectivity index (χ1) is 8.88. The Morgan fingerprint density at radius 2 is 1.84 bits per heavy atom. The van der Waals surface area contributed by atoms with Gasteiger partial charge in [-0.05, 0) is 30.7 Å². The third kappa shape index (κ3) is 3.31. The molecule has 0 saturated carbocycles. The van der Waals surface area contributed by atoms with Crippen LogP contribution in [0.2, 0.25) is 5.02 Å². The molecular formula is C11H11ClN2O4S. The Morgan fingerprint density at radius 1 is 1.21 bits per heavy atom. The van der Waals surface area contributed by atoms with Crippen molar-refractivity contribution in [3.8, 4) is 0 Å². The maximum atomic E-state index is 12.0. The van der Waals surface area contributed by atoms with Crippen molar-refractivity contribution in [2.45, 2.75) is 23.8 Å². The zero-order chi connectivity index (χ0) is 14.0. The molecule has 1 fully saturated rings. The van der Waals surface area contributed by atoms with E-state index >= 15 is 0 Å². The van der Waals surface area contributed by atoms with Gasteiger partial charge in [0.05, 0.1) is 4.90 Å². The molecule has 0 unspecified atom stereocenters. The number of amides is 2. The van der Waals surface area contributed by atoms with Crippen LogP contribution in [0.4, 0.5) is 0 Å². The highest BCUT2D eigenvalue weighted by atomic mass is 35.5. The van der Waals surface area contributed by atoms with Gasteiger partial charge in [-0.2, -0.15) is 4.72 Å². The number of piperidine rings is 1. The van der Waals surface area contributed by atoms with E-state index < -0.39 is 27.9 Å². The van der Waals surface area contributed by atoms with Gasteiger partial charge in [-0.1, -0.05) is 11.6 Å². The van der Waals surface area contributed by atoms with Crippen molar-refractivity contribution >= 4 is 33.4 Å². The number of benzene rings is 1. The van der Waals surface area contributed by atoms with Crippen LogP contribution in [0.3, 0.4) is 0 Å². The summed E-state index contributed by atoms with van der Waals surface area (Å²) in [4.78, 5) is 22.5. The van der Waals surface area contributed by atoms with Gasteiger partial charge in [0.2, 0.25) is 21.8 Å². The first-order valence-electron chi connectivity index (χ1n) is 5.50. The number of halogens is 1. The molecule has 2 rings (SSSR count). The third-order valence-corrected chi connectivity index (χ3v) is 4.40. The molecule has 8 heteroatoms. The lowest BCUT2D eigenvalue weighted by Crippen LogP contribution is -2.52. The maximum Gasteiger partial charge on any atom is 0.244 e. The van der Waals surface area contributed by atoms with Crippen molar-refractivity contribution in [2.75, 3.05) is 0 Å². The molecule has 0 aliphatic carbocycles. The molecule has 6 nitrogen and oxygen atoms in total. The molecule has 102 valence electrons. The van der Waals surface area contributed by atoms with Crippen LogP contribution >= 0.6 is 11.6 Å². The average molecular weight is 303 g/mol. The van der Waals surface area contributed by atoms with Crippen LogP contribution in [0.25, 0.3) is 0 Å². The fourth-order valence-corrected chi connectivity index (χ4v) is 3.03. The standard InChI is InChI=1S/C11H11ClN2O4S/c12-7-1-3-8(4-2-7)19(17,18)14-9-5-6-10(15)13-11(9)16/h1-4,9,14H,5-6H2,(H,13,15,16)/t9-/m1/s1. The Kier molecular flexibility index (Phi) is 3.88. The van der Waals surface area contributed by atoms with Crippen LogP contribution in [0.5, 0.6) is 0 Å². The summed E-state index contributed by atoms with van der Waals surface area (Å²) in [5, 5.41) is 2.50. The average Bonchev–Trinajstić information content (AvgIpc) is 2.33. The monoisotopic (exact) mass is 302 g/mol. The number of sulfonamides is 1. The summed E-state index contributed by atoms with van der Waals surface area (Å²) in [5.41, 5.74) is 0. The summed E-state index contributed by atoms with van der Waals surface area (Å²) in [6.45, 7) is 0. The summed E-state index contributed by atoms with van der Waals surface area (Å²) >= 11 is 5.68. The number of hydrogen-bond donors (Lipinski definition) is 2. The maximum absolute atomic E-state index is 12.0. The molecule has 0 spiro atoms. The Morgan fingerprint density at radius 3 is 2.42 bits per heavy atom. The lowest BCUT2D eigenvalue weighted by atomic mass is 10.1. The normalized spacial score (nSPS) is 20.2. The molecule has 2 amide bonds. The van der Waals surface area contributed by atoms with Crippen LogP contribution in [0.15, 0.2) is 29.2 Å². The number of nitrogens with one attached hydrogen (secondary N) is 2. The fraction of sp³-hybridized carbons (Fsp3) is 0.273. The molecule has 1 atom stereocenters. The zero-order valence-corrected chi connectivity index (χ0v) is 11.3. The summed E-state index contributed by atoms with van der Waals surface area (Å²) in [6.07, 6.45) is 0.261. The Labute approximate surface area is 115 Å². The van der Waals surface area contributed by atoms with Crippen molar-refractivity contribution < 1.29 is 18.0 Å². The smallest absolute Gasteiger partial charge is 0.244 e. The minimum absolute atomic E-state index is 0.0154. The zero-order valence-electron chi connectivity index (χ0n) is 9.72. The van der Waals surface area contributed by atoms with E-state index in [0.717, 1.165) is 0 Å². The molecule has 1 aliphatic rings. The van der Waals surface area contributed by atoms with Crippen molar-refractivity contribution in [3.63, 3.8) is 0 Å². The molecule has 1 aliphatic heterocycles. The van der Waals surface area contributed by atoms with Gasteiger partial charge in [0.1, 0.15) is 6.04 Å². The second kappa shape index (κ2) is 5.28. The van der Waals surface area contributed by atoms with E-state index in [2.05, 4.69) is 10.0 Å². The molecule has 1 saturated heterocycles.